The Hall–Kier alpha value is -6.52. The average Bonchev–Trinajstić information content (AvgIpc) is 3.72. The highest BCUT2D eigenvalue weighted by atomic mass is 16.3. The largest absolute Gasteiger partial charge is 0.456 e. The molecule has 2 atom stereocenters. The standard InChI is InChI=1S/C50H37N3O/c1-50(2)41-29-35(25-26-37(41)45-40(31-14-4-3-5-15-31)28-33-17-8-9-18-36(33)46(45)50)48-51-47(34-24-23-30-13-6-7-16-32(30)27-34)52-49(53-48)39-20-12-22-43-44(39)38-19-10-11-21-42(38)54-43/h3-22,24-30,49H,23H2,1-2H3,(H,51,52,53). The van der Waals surface area contributed by atoms with E-state index in [0.717, 1.165) is 56.7 Å². The topological polar surface area (TPSA) is 49.9 Å². The van der Waals surface area contributed by atoms with Crippen LogP contribution in [0.3, 0.4) is 0 Å². The maximum absolute atomic E-state index is 6.33. The lowest BCUT2D eigenvalue weighted by Gasteiger charge is -2.27. The summed E-state index contributed by atoms with van der Waals surface area (Å²) >= 11 is 0. The fourth-order valence-corrected chi connectivity index (χ4v) is 9.21. The number of nitrogens with zero attached hydrogens (tertiary/aromatic N) is 2. The van der Waals surface area contributed by atoms with Crippen LogP contribution in [0.1, 0.15) is 48.7 Å². The second-order valence-corrected chi connectivity index (χ2v) is 15.3. The zero-order valence-electron chi connectivity index (χ0n) is 30.2. The molecule has 6 aromatic carbocycles. The number of nitrogens with one attached hydrogen (secondary N) is 1. The van der Waals surface area contributed by atoms with E-state index >= 15 is 0 Å². The van der Waals surface area contributed by atoms with Gasteiger partial charge in [-0.15, -0.1) is 0 Å². The molecule has 1 N–H and O–H groups in total. The fourth-order valence-electron chi connectivity index (χ4n) is 9.21. The highest BCUT2D eigenvalue weighted by Gasteiger charge is 2.39. The Kier molecular flexibility index (Phi) is 6.75. The van der Waals surface area contributed by atoms with Gasteiger partial charge in [0.15, 0.2) is 6.17 Å². The molecule has 1 aromatic heterocycles. The number of para-hydroxylation sites is 1. The third kappa shape index (κ3) is 4.69. The second kappa shape index (κ2) is 11.7. The Morgan fingerprint density at radius 3 is 2.41 bits per heavy atom. The molecule has 11 rings (SSSR count). The first-order valence-corrected chi connectivity index (χ1v) is 18.9. The van der Waals surface area contributed by atoms with E-state index in [1.54, 1.807) is 0 Å². The third-order valence-electron chi connectivity index (χ3n) is 11.8. The van der Waals surface area contributed by atoms with E-state index in [2.05, 4.69) is 159 Å². The van der Waals surface area contributed by atoms with Gasteiger partial charge in [-0.1, -0.05) is 141 Å². The maximum Gasteiger partial charge on any atom is 0.170 e. The molecular weight excluding hydrogens is 659 g/mol. The number of allylic oxidation sites excluding steroid dienone is 6. The molecule has 2 heterocycles. The van der Waals surface area contributed by atoms with E-state index in [-0.39, 0.29) is 5.41 Å². The van der Waals surface area contributed by atoms with Gasteiger partial charge in [0.25, 0.3) is 0 Å². The molecule has 0 saturated heterocycles. The van der Waals surface area contributed by atoms with E-state index in [1.165, 1.54) is 49.7 Å². The summed E-state index contributed by atoms with van der Waals surface area (Å²) in [5.74, 6) is 2.05. The molecule has 3 aliphatic carbocycles. The first-order chi connectivity index (χ1) is 26.5. The average molecular weight is 696 g/mol. The smallest absolute Gasteiger partial charge is 0.170 e. The van der Waals surface area contributed by atoms with E-state index < -0.39 is 6.17 Å². The summed E-state index contributed by atoms with van der Waals surface area (Å²) in [6.45, 7) is 4.75. The Bertz CT molecular complexity index is 2910. The molecule has 4 heteroatoms. The summed E-state index contributed by atoms with van der Waals surface area (Å²) in [7, 11) is 0. The van der Waals surface area contributed by atoms with Crippen molar-refractivity contribution in [1.29, 1.82) is 0 Å². The predicted octanol–water partition coefficient (Wildman–Crippen LogP) is 12.2. The molecule has 0 spiro atoms. The van der Waals surface area contributed by atoms with Crippen molar-refractivity contribution in [3.8, 4) is 22.3 Å². The van der Waals surface area contributed by atoms with Crippen molar-refractivity contribution >= 4 is 44.4 Å². The minimum absolute atomic E-state index is 0.246. The van der Waals surface area contributed by atoms with Crippen LogP contribution in [0, 0.1) is 5.92 Å². The molecule has 2 unspecified atom stereocenters. The van der Waals surface area contributed by atoms with Crippen molar-refractivity contribution in [3.05, 3.63) is 191 Å². The highest BCUT2D eigenvalue weighted by molar-refractivity contribution is 6.18. The van der Waals surface area contributed by atoms with Gasteiger partial charge < -0.3 is 9.73 Å². The number of furan rings is 1. The number of fused-ring (bicyclic) bond motifs is 9. The maximum atomic E-state index is 6.33. The van der Waals surface area contributed by atoms with Gasteiger partial charge in [0, 0.05) is 38.8 Å². The number of aliphatic imine (C=N–C) groups is 2. The van der Waals surface area contributed by atoms with Gasteiger partial charge in [-0.25, -0.2) is 9.98 Å². The SMILES string of the molecule is CC1(C)c2cc(C3=NC(c4cccc5oc6ccccc6c45)N=C(C4=CCC5C=CC=CC5=C4)N3)ccc2-c2c(-c3ccccc3)cc3ccccc3c21. The van der Waals surface area contributed by atoms with Crippen LogP contribution < -0.4 is 5.32 Å². The van der Waals surface area contributed by atoms with Crippen LogP contribution in [-0.4, -0.2) is 11.7 Å². The molecule has 1 aliphatic heterocycles. The lowest BCUT2D eigenvalue weighted by Crippen LogP contribution is -2.37. The van der Waals surface area contributed by atoms with Crippen LogP contribution in [0.15, 0.2) is 183 Å². The quantitative estimate of drug-likeness (QED) is 0.199. The zero-order valence-corrected chi connectivity index (χ0v) is 30.2. The Labute approximate surface area is 314 Å². The van der Waals surface area contributed by atoms with Crippen LogP contribution in [0.4, 0.5) is 0 Å². The van der Waals surface area contributed by atoms with Gasteiger partial charge in [0.1, 0.15) is 22.8 Å². The molecule has 54 heavy (non-hydrogen) atoms. The predicted molar refractivity (Wildman–Crippen MR) is 223 cm³/mol. The van der Waals surface area contributed by atoms with Gasteiger partial charge in [-0.05, 0) is 86.5 Å². The summed E-state index contributed by atoms with van der Waals surface area (Å²) in [6, 6.07) is 43.5. The molecule has 0 amide bonds. The van der Waals surface area contributed by atoms with Gasteiger partial charge in [-0.2, -0.15) is 0 Å². The molecular formula is C50H37N3O. The summed E-state index contributed by atoms with van der Waals surface area (Å²) in [4.78, 5) is 10.8. The normalized spacial score (nSPS) is 19.4. The molecule has 4 aliphatic rings. The summed E-state index contributed by atoms with van der Waals surface area (Å²) in [5.41, 5.74) is 13.7. The summed E-state index contributed by atoms with van der Waals surface area (Å²) in [5, 5.41) is 8.45. The van der Waals surface area contributed by atoms with Gasteiger partial charge in [-0.3, -0.25) is 0 Å². The Balaban J connectivity index is 1.09. The lowest BCUT2D eigenvalue weighted by molar-refractivity contribution is 0.665. The number of hydrogen-bond acceptors (Lipinski definition) is 4. The number of hydrogen-bond donors (Lipinski definition) is 1. The van der Waals surface area contributed by atoms with E-state index in [4.69, 9.17) is 14.4 Å². The van der Waals surface area contributed by atoms with Crippen LogP contribution >= 0.6 is 0 Å². The van der Waals surface area contributed by atoms with Crippen molar-refractivity contribution < 1.29 is 4.42 Å². The van der Waals surface area contributed by atoms with Crippen LogP contribution in [-0.2, 0) is 5.41 Å². The van der Waals surface area contributed by atoms with Crippen LogP contribution in [0.2, 0.25) is 0 Å². The monoisotopic (exact) mass is 695 g/mol. The van der Waals surface area contributed by atoms with Crippen molar-refractivity contribution in [2.45, 2.75) is 31.8 Å². The molecule has 0 bridgehead atoms. The number of benzene rings is 6. The van der Waals surface area contributed by atoms with Crippen molar-refractivity contribution in [2.24, 2.45) is 15.9 Å². The van der Waals surface area contributed by atoms with Crippen LogP contribution in [0.5, 0.6) is 0 Å². The summed E-state index contributed by atoms with van der Waals surface area (Å²) < 4.78 is 6.33. The first-order valence-electron chi connectivity index (χ1n) is 18.9. The van der Waals surface area contributed by atoms with Gasteiger partial charge in [0.05, 0.1) is 0 Å². The van der Waals surface area contributed by atoms with Gasteiger partial charge in [0.2, 0.25) is 0 Å². The summed E-state index contributed by atoms with van der Waals surface area (Å²) in [6.07, 6.45) is 13.8. The van der Waals surface area contributed by atoms with E-state index in [1.807, 2.05) is 18.2 Å². The Morgan fingerprint density at radius 2 is 1.50 bits per heavy atom. The van der Waals surface area contributed by atoms with E-state index in [0.29, 0.717) is 5.92 Å². The molecule has 0 fully saturated rings. The van der Waals surface area contributed by atoms with Crippen molar-refractivity contribution in [2.75, 3.05) is 0 Å². The molecule has 258 valence electrons. The minimum Gasteiger partial charge on any atom is -0.456 e. The number of amidine groups is 2. The fraction of sp³-hybridized carbons (Fsp3) is 0.120. The molecule has 4 nitrogen and oxygen atoms in total. The first kappa shape index (κ1) is 31.0. The number of rotatable bonds is 4. The molecule has 0 saturated carbocycles. The zero-order chi connectivity index (χ0) is 36.0. The molecule has 0 radical (unpaired) electrons. The Morgan fingerprint density at radius 1 is 0.704 bits per heavy atom. The third-order valence-corrected chi connectivity index (χ3v) is 11.8. The van der Waals surface area contributed by atoms with Crippen molar-refractivity contribution in [1.82, 2.24) is 5.32 Å². The van der Waals surface area contributed by atoms with E-state index in [9.17, 15) is 0 Å². The lowest BCUT2D eigenvalue weighted by atomic mass is 9.79. The highest BCUT2D eigenvalue weighted by Crippen LogP contribution is 2.55. The second-order valence-electron chi connectivity index (χ2n) is 15.3. The molecule has 7 aromatic rings. The van der Waals surface area contributed by atoms with Crippen molar-refractivity contribution in [3.63, 3.8) is 0 Å². The minimum atomic E-state index is -0.466. The van der Waals surface area contributed by atoms with Crippen LogP contribution in [0.25, 0.3) is 55.0 Å². The van der Waals surface area contributed by atoms with Gasteiger partial charge >= 0.3 is 0 Å².